The lowest BCUT2D eigenvalue weighted by Crippen LogP contribution is -2.29. The van der Waals surface area contributed by atoms with Crippen molar-refractivity contribution in [3.63, 3.8) is 0 Å². The van der Waals surface area contributed by atoms with E-state index in [0.29, 0.717) is 10.7 Å². The third kappa shape index (κ3) is 3.62. The second-order valence-corrected chi connectivity index (χ2v) is 8.97. The van der Waals surface area contributed by atoms with Crippen molar-refractivity contribution in [1.29, 1.82) is 0 Å². The minimum Gasteiger partial charge on any atom is -0.506 e. The van der Waals surface area contributed by atoms with Crippen molar-refractivity contribution < 1.29 is 9.50 Å². The van der Waals surface area contributed by atoms with Crippen LogP contribution in [-0.4, -0.2) is 19.8 Å². The zero-order valence-corrected chi connectivity index (χ0v) is 20.0. The first-order valence-corrected chi connectivity index (χ1v) is 11.5. The highest BCUT2D eigenvalue weighted by Crippen LogP contribution is 2.44. The number of thiocarbonyl (C=S) groups is 1. The van der Waals surface area contributed by atoms with Gasteiger partial charge < -0.3 is 19.9 Å². The zero-order valence-electron chi connectivity index (χ0n) is 19.2. The van der Waals surface area contributed by atoms with E-state index in [0.717, 1.165) is 34.0 Å². The number of para-hydroxylation sites is 2. The van der Waals surface area contributed by atoms with Gasteiger partial charge in [-0.15, -0.1) is 0 Å². The summed E-state index contributed by atoms with van der Waals surface area (Å²) in [6.45, 7) is 5.81. The number of anilines is 1. The number of aryl methyl sites for hydroxylation is 2. The second-order valence-electron chi connectivity index (χ2n) is 8.58. The van der Waals surface area contributed by atoms with Crippen LogP contribution in [0.2, 0.25) is 0 Å². The minimum absolute atomic E-state index is 0.211. The van der Waals surface area contributed by atoms with Crippen LogP contribution in [0.3, 0.4) is 0 Å². The number of nitrogens with zero attached hydrogens (tertiary/aromatic N) is 3. The molecule has 0 saturated carbocycles. The van der Waals surface area contributed by atoms with Gasteiger partial charge in [-0.1, -0.05) is 18.2 Å². The Morgan fingerprint density at radius 3 is 2.47 bits per heavy atom. The molecule has 1 fully saturated rings. The van der Waals surface area contributed by atoms with Gasteiger partial charge in [0.25, 0.3) is 0 Å². The molecule has 0 radical (unpaired) electrons. The van der Waals surface area contributed by atoms with E-state index in [-0.39, 0.29) is 23.7 Å². The Labute approximate surface area is 203 Å². The standard InChI is InChI=1S/C27H25FN4OS/c1-16-14-19(11-12-21(16)28)32-26(25(30-27(32)34)22-8-6-7-13-29-22)20-15-17(2)31(18(20)3)23-9-4-5-10-24(23)33/h4-15,25-26,33H,1-3H3,(H,30,34)/t25-,26+/m1/s1. The molecule has 4 aromatic rings. The van der Waals surface area contributed by atoms with Crippen LogP contribution >= 0.6 is 12.2 Å². The SMILES string of the molecule is Cc1cc(N2C(=S)N[C@H](c3ccccn3)[C@@H]2c2cc(C)n(-c3ccccc3O)c2C)ccc1F. The number of nitrogens with one attached hydrogen (secondary N) is 1. The second kappa shape index (κ2) is 8.57. The van der Waals surface area contributed by atoms with Gasteiger partial charge in [0.15, 0.2) is 5.11 Å². The molecule has 1 aliphatic heterocycles. The Morgan fingerprint density at radius 1 is 1.00 bits per heavy atom. The highest BCUT2D eigenvalue weighted by Gasteiger charge is 2.42. The number of hydrogen-bond acceptors (Lipinski definition) is 3. The smallest absolute Gasteiger partial charge is 0.174 e. The Kier molecular flexibility index (Phi) is 5.57. The first-order chi connectivity index (χ1) is 16.4. The van der Waals surface area contributed by atoms with E-state index in [4.69, 9.17) is 12.2 Å². The molecule has 2 atom stereocenters. The number of rotatable bonds is 4. The summed E-state index contributed by atoms with van der Waals surface area (Å²) in [7, 11) is 0. The van der Waals surface area contributed by atoms with Crippen LogP contribution in [0.1, 0.15) is 40.3 Å². The van der Waals surface area contributed by atoms with Gasteiger partial charge in [0, 0.05) is 23.3 Å². The van der Waals surface area contributed by atoms with Crippen molar-refractivity contribution >= 4 is 23.0 Å². The lowest BCUT2D eigenvalue weighted by atomic mass is 9.96. The molecule has 172 valence electrons. The summed E-state index contributed by atoms with van der Waals surface area (Å²) < 4.78 is 16.1. The number of halogens is 1. The van der Waals surface area contributed by atoms with Crippen LogP contribution in [0.5, 0.6) is 5.75 Å². The van der Waals surface area contributed by atoms with Crippen LogP contribution in [0.4, 0.5) is 10.1 Å². The number of aromatic hydroxyl groups is 1. The van der Waals surface area contributed by atoms with Crippen molar-refractivity contribution in [2.75, 3.05) is 4.90 Å². The fourth-order valence-corrected chi connectivity index (χ4v) is 5.18. The highest BCUT2D eigenvalue weighted by molar-refractivity contribution is 7.80. The lowest BCUT2D eigenvalue weighted by Gasteiger charge is -2.28. The Morgan fingerprint density at radius 2 is 1.76 bits per heavy atom. The van der Waals surface area contributed by atoms with E-state index in [2.05, 4.69) is 20.9 Å². The number of benzene rings is 2. The van der Waals surface area contributed by atoms with E-state index in [1.165, 1.54) is 6.07 Å². The van der Waals surface area contributed by atoms with Gasteiger partial charge in [0.05, 0.1) is 23.5 Å². The molecule has 2 aromatic carbocycles. The molecule has 5 nitrogen and oxygen atoms in total. The van der Waals surface area contributed by atoms with Crippen molar-refractivity contribution in [3.05, 3.63) is 107 Å². The Bertz CT molecular complexity index is 1380. The number of hydrogen-bond donors (Lipinski definition) is 2. The quantitative estimate of drug-likeness (QED) is 0.367. The number of phenols is 1. The fourth-order valence-electron chi connectivity index (χ4n) is 4.84. The number of pyridine rings is 1. The third-order valence-corrected chi connectivity index (χ3v) is 6.74. The summed E-state index contributed by atoms with van der Waals surface area (Å²) in [6, 6.07) is 19.9. The van der Waals surface area contributed by atoms with Crippen LogP contribution in [0, 0.1) is 26.6 Å². The first-order valence-electron chi connectivity index (χ1n) is 11.1. The monoisotopic (exact) mass is 472 g/mol. The topological polar surface area (TPSA) is 53.3 Å². The number of phenolic OH excluding ortho intramolecular Hbond substituents is 1. The predicted octanol–water partition coefficient (Wildman–Crippen LogP) is 5.82. The molecule has 3 heterocycles. The summed E-state index contributed by atoms with van der Waals surface area (Å²) in [6.07, 6.45) is 1.77. The summed E-state index contributed by atoms with van der Waals surface area (Å²) >= 11 is 5.80. The van der Waals surface area contributed by atoms with E-state index < -0.39 is 0 Å². The molecular formula is C27H25FN4OS. The fraction of sp³-hybridized carbons (Fsp3) is 0.185. The maximum Gasteiger partial charge on any atom is 0.174 e. The molecule has 1 aliphatic rings. The molecule has 5 rings (SSSR count). The van der Waals surface area contributed by atoms with E-state index in [1.54, 1.807) is 25.3 Å². The first kappa shape index (κ1) is 22.1. The van der Waals surface area contributed by atoms with Gasteiger partial charge >= 0.3 is 0 Å². The predicted molar refractivity (Wildman–Crippen MR) is 136 cm³/mol. The van der Waals surface area contributed by atoms with Gasteiger partial charge in [-0.25, -0.2) is 4.39 Å². The van der Waals surface area contributed by atoms with Gasteiger partial charge in [0.2, 0.25) is 0 Å². The molecule has 0 unspecified atom stereocenters. The molecule has 2 aromatic heterocycles. The summed E-state index contributed by atoms with van der Waals surface area (Å²) in [5, 5.41) is 14.5. The third-order valence-electron chi connectivity index (χ3n) is 6.43. The maximum absolute atomic E-state index is 14.1. The van der Waals surface area contributed by atoms with Crippen LogP contribution in [-0.2, 0) is 0 Å². The average molecular weight is 473 g/mol. The molecule has 0 bridgehead atoms. The molecule has 34 heavy (non-hydrogen) atoms. The van der Waals surface area contributed by atoms with Crippen molar-refractivity contribution in [3.8, 4) is 11.4 Å². The molecule has 0 spiro atoms. The Balaban J connectivity index is 1.70. The normalized spacial score (nSPS) is 17.8. The van der Waals surface area contributed by atoms with Gasteiger partial charge in [-0.05, 0) is 92.6 Å². The van der Waals surface area contributed by atoms with Crippen molar-refractivity contribution in [2.24, 2.45) is 0 Å². The minimum atomic E-state index is -0.252. The molecule has 7 heteroatoms. The molecule has 0 aliphatic carbocycles. The highest BCUT2D eigenvalue weighted by atomic mass is 32.1. The molecule has 0 amide bonds. The molecule has 1 saturated heterocycles. The van der Waals surface area contributed by atoms with Crippen molar-refractivity contribution in [1.82, 2.24) is 14.9 Å². The Hall–Kier alpha value is -3.71. The molecule has 2 N–H and O–H groups in total. The van der Waals surface area contributed by atoms with Gasteiger partial charge in [-0.2, -0.15) is 0 Å². The summed E-state index contributed by atoms with van der Waals surface area (Å²) in [4.78, 5) is 6.65. The van der Waals surface area contributed by atoms with E-state index >= 15 is 0 Å². The van der Waals surface area contributed by atoms with Crippen LogP contribution < -0.4 is 10.2 Å². The maximum atomic E-state index is 14.1. The molecular weight excluding hydrogens is 447 g/mol. The van der Waals surface area contributed by atoms with E-state index in [1.807, 2.05) is 61.2 Å². The summed E-state index contributed by atoms with van der Waals surface area (Å²) in [5.41, 5.74) is 5.97. The lowest BCUT2D eigenvalue weighted by molar-refractivity contribution is 0.471. The van der Waals surface area contributed by atoms with Gasteiger partial charge in [0.1, 0.15) is 11.6 Å². The van der Waals surface area contributed by atoms with Crippen LogP contribution in [0.25, 0.3) is 5.69 Å². The average Bonchev–Trinajstić information content (AvgIpc) is 3.32. The van der Waals surface area contributed by atoms with Crippen molar-refractivity contribution in [2.45, 2.75) is 32.9 Å². The summed E-state index contributed by atoms with van der Waals surface area (Å²) in [5.74, 6) is -0.0411. The zero-order chi connectivity index (χ0) is 24.0. The van der Waals surface area contributed by atoms with E-state index in [9.17, 15) is 9.50 Å². The number of aromatic nitrogens is 2. The van der Waals surface area contributed by atoms with Gasteiger partial charge in [-0.3, -0.25) is 4.98 Å². The largest absolute Gasteiger partial charge is 0.506 e. The van der Waals surface area contributed by atoms with Crippen LogP contribution in [0.15, 0.2) is 72.9 Å².